The van der Waals surface area contributed by atoms with Gasteiger partial charge >= 0.3 is 0 Å². The molecule has 0 aromatic heterocycles. The van der Waals surface area contributed by atoms with Gasteiger partial charge in [-0.25, -0.2) is 0 Å². The molecular weight excluding hydrogens is 385 g/mol. The van der Waals surface area contributed by atoms with Crippen LogP contribution in [0.5, 0.6) is 0 Å². The van der Waals surface area contributed by atoms with Crippen molar-refractivity contribution in [2.24, 2.45) is 0 Å². The number of hydrogen-bond donors (Lipinski definition) is 1. The van der Waals surface area contributed by atoms with Crippen LogP contribution in [0.4, 0.5) is 5.69 Å². The molecule has 20 heavy (non-hydrogen) atoms. The molecule has 2 nitrogen and oxygen atoms in total. The van der Waals surface area contributed by atoms with Crippen LogP contribution < -0.4 is 5.32 Å². The van der Waals surface area contributed by atoms with Crippen molar-refractivity contribution in [3.63, 3.8) is 0 Å². The van der Waals surface area contributed by atoms with Gasteiger partial charge in [0, 0.05) is 20.4 Å². The van der Waals surface area contributed by atoms with Crippen LogP contribution in [0.3, 0.4) is 0 Å². The maximum atomic E-state index is 11.9. The Kier molecular flexibility index (Phi) is 5.20. The summed E-state index contributed by atoms with van der Waals surface area (Å²) >= 11 is 8.13. The van der Waals surface area contributed by atoms with Crippen LogP contribution in [0.2, 0.25) is 5.02 Å². The Labute approximate surface area is 137 Å². The van der Waals surface area contributed by atoms with E-state index < -0.39 is 0 Å². The molecule has 0 saturated heterocycles. The van der Waals surface area contributed by atoms with Crippen LogP contribution in [0.25, 0.3) is 6.08 Å². The molecule has 2 rings (SSSR count). The summed E-state index contributed by atoms with van der Waals surface area (Å²) in [5, 5.41) is 3.51. The molecule has 0 saturated carbocycles. The number of carbonyl (C=O) groups excluding carboxylic acids is 1. The largest absolute Gasteiger partial charge is 0.322 e. The smallest absolute Gasteiger partial charge is 0.248 e. The lowest BCUT2D eigenvalue weighted by molar-refractivity contribution is -0.111. The molecule has 2 aromatic carbocycles. The lowest BCUT2D eigenvalue weighted by atomic mass is 10.2. The summed E-state index contributed by atoms with van der Waals surface area (Å²) in [6.45, 7) is 1.97. The Morgan fingerprint density at radius 1 is 1.25 bits per heavy atom. The lowest BCUT2D eigenvalue weighted by Gasteiger charge is -2.06. The van der Waals surface area contributed by atoms with Crippen molar-refractivity contribution < 1.29 is 4.79 Å². The van der Waals surface area contributed by atoms with Gasteiger partial charge in [0.2, 0.25) is 5.91 Å². The van der Waals surface area contributed by atoms with Gasteiger partial charge in [-0.05, 0) is 77.0 Å². The fourth-order valence-corrected chi connectivity index (χ4v) is 2.57. The number of rotatable bonds is 3. The monoisotopic (exact) mass is 397 g/mol. The third-order valence-corrected chi connectivity index (χ3v) is 3.63. The zero-order valence-corrected chi connectivity index (χ0v) is 13.8. The van der Waals surface area contributed by atoms with Gasteiger partial charge in [0.05, 0.1) is 0 Å². The van der Waals surface area contributed by atoms with E-state index in [1.165, 1.54) is 6.08 Å². The number of amides is 1. The van der Waals surface area contributed by atoms with Gasteiger partial charge in [-0.3, -0.25) is 4.79 Å². The topological polar surface area (TPSA) is 29.1 Å². The van der Waals surface area contributed by atoms with Crippen LogP contribution in [0.1, 0.15) is 11.1 Å². The Hall–Kier alpha value is -1.33. The fourth-order valence-electron chi connectivity index (χ4n) is 1.72. The van der Waals surface area contributed by atoms with Gasteiger partial charge in [0.1, 0.15) is 0 Å². The predicted octanol–water partition coefficient (Wildman–Crippen LogP) is 4.90. The van der Waals surface area contributed by atoms with E-state index in [1.54, 1.807) is 12.1 Å². The summed E-state index contributed by atoms with van der Waals surface area (Å²) in [6, 6.07) is 13.2. The van der Waals surface area contributed by atoms with E-state index in [9.17, 15) is 4.79 Å². The van der Waals surface area contributed by atoms with E-state index in [4.69, 9.17) is 11.6 Å². The number of halogens is 2. The Morgan fingerprint density at radius 2 is 2.05 bits per heavy atom. The third kappa shape index (κ3) is 4.35. The van der Waals surface area contributed by atoms with Gasteiger partial charge in [-0.15, -0.1) is 0 Å². The quantitative estimate of drug-likeness (QED) is 0.579. The zero-order chi connectivity index (χ0) is 14.5. The molecule has 0 heterocycles. The molecule has 0 atom stereocenters. The molecule has 1 N–H and O–H groups in total. The average molecular weight is 398 g/mol. The fraction of sp³-hybridized carbons (Fsp3) is 0.0625. The Bertz CT molecular complexity index is 667. The molecule has 0 spiro atoms. The average Bonchev–Trinajstić information content (AvgIpc) is 2.40. The van der Waals surface area contributed by atoms with Gasteiger partial charge < -0.3 is 5.32 Å². The highest BCUT2D eigenvalue weighted by Gasteiger charge is 2.02. The first-order valence-corrected chi connectivity index (χ1v) is 7.51. The number of hydrogen-bond acceptors (Lipinski definition) is 1. The summed E-state index contributed by atoms with van der Waals surface area (Å²) in [5.41, 5.74) is 2.76. The maximum absolute atomic E-state index is 11.9. The highest BCUT2D eigenvalue weighted by Crippen LogP contribution is 2.18. The molecular formula is C16H13ClINO. The van der Waals surface area contributed by atoms with Gasteiger partial charge in [0.25, 0.3) is 0 Å². The predicted molar refractivity (Wildman–Crippen MR) is 93.0 cm³/mol. The van der Waals surface area contributed by atoms with Gasteiger partial charge in [0.15, 0.2) is 0 Å². The van der Waals surface area contributed by atoms with E-state index >= 15 is 0 Å². The molecule has 0 radical (unpaired) electrons. The van der Waals surface area contributed by atoms with Gasteiger partial charge in [-0.1, -0.05) is 23.7 Å². The summed E-state index contributed by atoms with van der Waals surface area (Å²) in [5.74, 6) is -0.158. The Morgan fingerprint density at radius 3 is 2.75 bits per heavy atom. The first-order valence-electron chi connectivity index (χ1n) is 6.05. The molecule has 102 valence electrons. The van der Waals surface area contributed by atoms with E-state index in [0.717, 1.165) is 20.4 Å². The number of carbonyl (C=O) groups is 1. The molecule has 1 amide bonds. The van der Waals surface area contributed by atoms with Crippen molar-refractivity contribution in [2.45, 2.75) is 6.92 Å². The second-order valence-corrected chi connectivity index (χ2v) is 6.02. The van der Waals surface area contributed by atoms with E-state index in [1.807, 2.05) is 43.3 Å². The number of nitrogens with one attached hydrogen (secondary N) is 1. The van der Waals surface area contributed by atoms with E-state index in [0.29, 0.717) is 5.02 Å². The van der Waals surface area contributed by atoms with Crippen molar-refractivity contribution in [2.75, 3.05) is 5.32 Å². The first kappa shape index (κ1) is 15.1. The summed E-state index contributed by atoms with van der Waals surface area (Å²) in [6.07, 6.45) is 3.24. The second kappa shape index (κ2) is 6.90. The minimum atomic E-state index is -0.158. The number of aryl methyl sites for hydroxylation is 1. The molecule has 0 unspecified atom stereocenters. The van der Waals surface area contributed by atoms with Crippen LogP contribution >= 0.6 is 34.2 Å². The van der Waals surface area contributed by atoms with Gasteiger partial charge in [-0.2, -0.15) is 0 Å². The van der Waals surface area contributed by atoms with Crippen LogP contribution in [0, 0.1) is 10.5 Å². The SMILES string of the molecule is Cc1cc(I)ccc1NC(=O)C=Cc1cccc(Cl)c1. The highest BCUT2D eigenvalue weighted by molar-refractivity contribution is 14.1. The van der Waals surface area contributed by atoms with Crippen molar-refractivity contribution in [3.8, 4) is 0 Å². The minimum absolute atomic E-state index is 0.158. The highest BCUT2D eigenvalue weighted by atomic mass is 127. The van der Waals surface area contributed by atoms with Crippen LogP contribution in [0.15, 0.2) is 48.5 Å². The number of benzene rings is 2. The lowest BCUT2D eigenvalue weighted by Crippen LogP contribution is -2.08. The Balaban J connectivity index is 2.05. The van der Waals surface area contributed by atoms with Crippen LogP contribution in [-0.2, 0) is 4.79 Å². The van der Waals surface area contributed by atoms with Crippen molar-refractivity contribution in [1.82, 2.24) is 0 Å². The van der Waals surface area contributed by atoms with Crippen molar-refractivity contribution in [1.29, 1.82) is 0 Å². The van der Waals surface area contributed by atoms with Crippen molar-refractivity contribution in [3.05, 3.63) is 68.3 Å². The third-order valence-electron chi connectivity index (χ3n) is 2.72. The van der Waals surface area contributed by atoms with E-state index in [2.05, 4.69) is 27.9 Å². The van der Waals surface area contributed by atoms with E-state index in [-0.39, 0.29) is 5.91 Å². The normalized spacial score (nSPS) is 10.8. The first-order chi connectivity index (χ1) is 9.54. The minimum Gasteiger partial charge on any atom is -0.322 e. The summed E-state index contributed by atoms with van der Waals surface area (Å²) < 4.78 is 1.15. The molecule has 0 aliphatic heterocycles. The summed E-state index contributed by atoms with van der Waals surface area (Å²) in [4.78, 5) is 11.9. The molecule has 0 fully saturated rings. The molecule has 0 aliphatic rings. The molecule has 2 aromatic rings. The van der Waals surface area contributed by atoms with Crippen molar-refractivity contribution >= 4 is 51.9 Å². The number of anilines is 1. The second-order valence-electron chi connectivity index (χ2n) is 4.34. The van der Waals surface area contributed by atoms with Crippen LogP contribution in [-0.4, -0.2) is 5.91 Å². The summed E-state index contributed by atoms with van der Waals surface area (Å²) in [7, 11) is 0. The zero-order valence-electron chi connectivity index (χ0n) is 10.9. The molecule has 0 aliphatic carbocycles. The maximum Gasteiger partial charge on any atom is 0.248 e. The molecule has 4 heteroatoms. The molecule has 0 bridgehead atoms. The standard InChI is InChI=1S/C16H13ClINO/c1-11-9-14(18)6-7-15(11)19-16(20)8-5-12-3-2-4-13(17)10-12/h2-10H,1H3,(H,19,20).